The second-order valence-electron chi connectivity index (χ2n) is 5.78. The molecule has 0 heterocycles. The Morgan fingerprint density at radius 2 is 1.88 bits per heavy atom. The van der Waals surface area contributed by atoms with Crippen LogP contribution in [0.5, 0.6) is 0 Å². The minimum absolute atomic E-state index is 0.271. The van der Waals surface area contributed by atoms with E-state index < -0.39 is 23.8 Å². The SMILES string of the molecule is C=CCCCCCC[C@H](NC(=O)c1cccc(C(=O)OC)c1)C(N)=O. The molecule has 1 atom stereocenters. The first-order valence-corrected chi connectivity index (χ1v) is 8.39. The number of esters is 1. The number of allylic oxidation sites excluding steroid dienone is 1. The summed E-state index contributed by atoms with van der Waals surface area (Å²) >= 11 is 0. The summed E-state index contributed by atoms with van der Waals surface area (Å²) in [6, 6.07) is 5.40. The molecule has 0 aliphatic rings. The van der Waals surface area contributed by atoms with E-state index in [4.69, 9.17) is 5.73 Å². The van der Waals surface area contributed by atoms with E-state index in [2.05, 4.69) is 16.6 Å². The number of carbonyl (C=O) groups excluding carboxylic acids is 3. The van der Waals surface area contributed by atoms with Gasteiger partial charge in [0, 0.05) is 5.56 Å². The van der Waals surface area contributed by atoms with Crippen molar-refractivity contribution in [2.75, 3.05) is 7.11 Å². The molecule has 0 aromatic heterocycles. The van der Waals surface area contributed by atoms with Gasteiger partial charge in [-0.05, 0) is 37.5 Å². The van der Waals surface area contributed by atoms with Gasteiger partial charge in [0.25, 0.3) is 5.91 Å². The Hall–Kier alpha value is -2.63. The molecule has 3 N–H and O–H groups in total. The van der Waals surface area contributed by atoms with E-state index in [1.165, 1.54) is 13.2 Å². The van der Waals surface area contributed by atoms with Crippen LogP contribution in [0.3, 0.4) is 0 Å². The zero-order valence-corrected chi connectivity index (χ0v) is 14.6. The molecule has 0 spiro atoms. The van der Waals surface area contributed by atoms with Crippen LogP contribution in [0.15, 0.2) is 36.9 Å². The van der Waals surface area contributed by atoms with Crippen molar-refractivity contribution < 1.29 is 19.1 Å². The molecular weight excluding hydrogens is 320 g/mol. The van der Waals surface area contributed by atoms with E-state index in [1.807, 2.05) is 6.08 Å². The number of nitrogens with two attached hydrogens (primary N) is 1. The van der Waals surface area contributed by atoms with E-state index >= 15 is 0 Å². The average molecular weight is 346 g/mol. The van der Waals surface area contributed by atoms with Crippen LogP contribution in [0.2, 0.25) is 0 Å². The van der Waals surface area contributed by atoms with Crippen LogP contribution in [0.1, 0.15) is 59.2 Å². The Morgan fingerprint density at radius 1 is 1.20 bits per heavy atom. The van der Waals surface area contributed by atoms with Crippen molar-refractivity contribution in [1.82, 2.24) is 5.32 Å². The Kier molecular flexibility index (Phi) is 9.00. The number of methoxy groups -OCH3 is 1. The maximum absolute atomic E-state index is 12.3. The predicted octanol–water partition coefficient (Wildman–Crippen LogP) is 2.58. The molecule has 0 saturated heterocycles. The number of hydrogen-bond donors (Lipinski definition) is 2. The molecule has 2 amide bonds. The number of nitrogens with one attached hydrogen (secondary N) is 1. The van der Waals surface area contributed by atoms with Crippen molar-refractivity contribution in [3.05, 3.63) is 48.0 Å². The monoisotopic (exact) mass is 346 g/mol. The Labute approximate surface area is 148 Å². The molecule has 0 aliphatic carbocycles. The van der Waals surface area contributed by atoms with Crippen molar-refractivity contribution in [2.45, 2.75) is 44.6 Å². The molecule has 0 radical (unpaired) electrons. The number of unbranched alkanes of at least 4 members (excludes halogenated alkanes) is 4. The van der Waals surface area contributed by atoms with Crippen LogP contribution < -0.4 is 11.1 Å². The molecule has 0 bridgehead atoms. The Balaban J connectivity index is 2.60. The minimum atomic E-state index is -0.728. The van der Waals surface area contributed by atoms with Gasteiger partial charge < -0.3 is 15.8 Å². The number of rotatable bonds is 11. The van der Waals surface area contributed by atoms with Crippen LogP contribution in [0.25, 0.3) is 0 Å². The number of ether oxygens (including phenoxy) is 1. The summed E-state index contributed by atoms with van der Waals surface area (Å²) in [5.41, 5.74) is 5.93. The van der Waals surface area contributed by atoms with Crippen molar-refractivity contribution in [2.24, 2.45) is 5.73 Å². The third kappa shape index (κ3) is 7.20. The third-order valence-electron chi connectivity index (χ3n) is 3.85. The van der Waals surface area contributed by atoms with Crippen LogP contribution >= 0.6 is 0 Å². The highest BCUT2D eigenvalue weighted by molar-refractivity contribution is 5.99. The van der Waals surface area contributed by atoms with Crippen LogP contribution in [-0.2, 0) is 9.53 Å². The van der Waals surface area contributed by atoms with Gasteiger partial charge in [-0.25, -0.2) is 4.79 Å². The molecule has 0 fully saturated rings. The van der Waals surface area contributed by atoms with Gasteiger partial charge in [-0.15, -0.1) is 6.58 Å². The van der Waals surface area contributed by atoms with Crippen molar-refractivity contribution in [3.8, 4) is 0 Å². The maximum Gasteiger partial charge on any atom is 0.337 e. The largest absolute Gasteiger partial charge is 0.465 e. The summed E-state index contributed by atoms with van der Waals surface area (Å²) in [4.78, 5) is 35.4. The molecule has 0 aliphatic heterocycles. The lowest BCUT2D eigenvalue weighted by molar-refractivity contribution is -0.120. The van der Waals surface area contributed by atoms with Gasteiger partial charge >= 0.3 is 5.97 Å². The molecule has 0 unspecified atom stereocenters. The lowest BCUT2D eigenvalue weighted by Crippen LogP contribution is -2.44. The average Bonchev–Trinajstić information content (AvgIpc) is 2.62. The van der Waals surface area contributed by atoms with Crippen LogP contribution in [0.4, 0.5) is 0 Å². The Bertz CT molecular complexity index is 613. The van der Waals surface area contributed by atoms with E-state index in [0.29, 0.717) is 6.42 Å². The quantitative estimate of drug-likeness (QED) is 0.365. The standard InChI is InChI=1S/C19H26N2O4/c1-3-4-5-6-7-8-12-16(17(20)22)21-18(23)14-10-9-11-15(13-14)19(24)25-2/h3,9-11,13,16H,1,4-8,12H2,2H3,(H2,20,22)(H,21,23)/t16-/m0/s1. The predicted molar refractivity (Wildman–Crippen MR) is 96.1 cm³/mol. The minimum Gasteiger partial charge on any atom is -0.465 e. The van der Waals surface area contributed by atoms with E-state index in [9.17, 15) is 14.4 Å². The molecular formula is C19H26N2O4. The first-order chi connectivity index (χ1) is 12.0. The summed E-state index contributed by atoms with van der Waals surface area (Å²) < 4.78 is 4.63. The van der Waals surface area contributed by atoms with Gasteiger partial charge in [0.05, 0.1) is 12.7 Å². The normalized spacial score (nSPS) is 11.4. The van der Waals surface area contributed by atoms with Crippen LogP contribution in [0, 0.1) is 0 Å². The maximum atomic E-state index is 12.3. The summed E-state index contributed by atoms with van der Waals surface area (Å²) in [7, 11) is 1.27. The summed E-state index contributed by atoms with van der Waals surface area (Å²) in [5, 5.41) is 2.64. The first kappa shape index (κ1) is 20.4. The highest BCUT2D eigenvalue weighted by Crippen LogP contribution is 2.10. The fourth-order valence-electron chi connectivity index (χ4n) is 2.42. The van der Waals surface area contributed by atoms with Gasteiger partial charge in [0.15, 0.2) is 0 Å². The highest BCUT2D eigenvalue weighted by Gasteiger charge is 2.19. The highest BCUT2D eigenvalue weighted by atomic mass is 16.5. The van der Waals surface area contributed by atoms with Gasteiger partial charge in [-0.1, -0.05) is 31.4 Å². The van der Waals surface area contributed by atoms with Gasteiger partial charge in [0.2, 0.25) is 5.91 Å². The van der Waals surface area contributed by atoms with E-state index in [-0.39, 0.29) is 11.1 Å². The van der Waals surface area contributed by atoms with Crippen molar-refractivity contribution >= 4 is 17.8 Å². The lowest BCUT2D eigenvalue weighted by atomic mass is 10.0. The lowest BCUT2D eigenvalue weighted by Gasteiger charge is -2.15. The first-order valence-electron chi connectivity index (χ1n) is 8.39. The second-order valence-corrected chi connectivity index (χ2v) is 5.78. The van der Waals surface area contributed by atoms with Crippen molar-refractivity contribution in [1.29, 1.82) is 0 Å². The smallest absolute Gasteiger partial charge is 0.337 e. The fourth-order valence-corrected chi connectivity index (χ4v) is 2.42. The zero-order valence-electron chi connectivity index (χ0n) is 14.6. The summed E-state index contributed by atoms with van der Waals surface area (Å²) in [6.45, 7) is 3.68. The van der Waals surface area contributed by atoms with Crippen molar-refractivity contribution in [3.63, 3.8) is 0 Å². The Morgan fingerprint density at radius 3 is 2.52 bits per heavy atom. The second kappa shape index (κ2) is 11.0. The van der Waals surface area contributed by atoms with Gasteiger partial charge in [-0.3, -0.25) is 9.59 Å². The van der Waals surface area contributed by atoms with Gasteiger partial charge in [0.1, 0.15) is 6.04 Å². The number of hydrogen-bond acceptors (Lipinski definition) is 4. The number of amides is 2. The topological polar surface area (TPSA) is 98.5 Å². The third-order valence-corrected chi connectivity index (χ3v) is 3.85. The molecule has 1 aromatic rings. The molecule has 1 rings (SSSR count). The van der Waals surface area contributed by atoms with Gasteiger partial charge in [-0.2, -0.15) is 0 Å². The fraction of sp³-hybridized carbons (Fsp3) is 0.421. The van der Waals surface area contributed by atoms with E-state index in [1.54, 1.807) is 18.2 Å². The molecule has 6 nitrogen and oxygen atoms in total. The molecule has 0 saturated carbocycles. The number of primary amides is 1. The number of benzene rings is 1. The summed E-state index contributed by atoms with van der Waals surface area (Å²) in [6.07, 6.45) is 7.23. The molecule has 25 heavy (non-hydrogen) atoms. The van der Waals surface area contributed by atoms with Crippen LogP contribution in [-0.4, -0.2) is 30.9 Å². The summed E-state index contributed by atoms with van der Waals surface area (Å²) in [5.74, 6) is -1.54. The number of carbonyl (C=O) groups is 3. The van der Waals surface area contributed by atoms with E-state index in [0.717, 1.165) is 32.1 Å². The molecule has 6 heteroatoms. The zero-order chi connectivity index (χ0) is 18.7. The molecule has 1 aromatic carbocycles. The molecule has 136 valence electrons.